The van der Waals surface area contributed by atoms with E-state index in [9.17, 15) is 26.7 Å². The lowest BCUT2D eigenvalue weighted by molar-refractivity contribution is -0.135. The first-order chi connectivity index (χ1) is 11.4. The first-order valence-electron chi connectivity index (χ1n) is 6.66. The molecule has 0 bridgehead atoms. The third kappa shape index (κ3) is 2.60. The number of benzene rings is 2. The fourth-order valence-corrected chi connectivity index (χ4v) is 2.24. The number of rotatable bonds is 3. The molecule has 0 aliphatic carbocycles. The molecule has 0 radical (unpaired) electrons. The molecule has 0 spiro atoms. The predicted molar refractivity (Wildman–Crippen MR) is 73.8 cm³/mol. The zero-order valence-electron chi connectivity index (χ0n) is 11.8. The number of ether oxygens (including phenoxy) is 1. The number of halogens is 5. The Labute approximate surface area is 131 Å². The van der Waals surface area contributed by atoms with Crippen LogP contribution in [0.1, 0.15) is 0 Å². The quantitative estimate of drug-likeness (QED) is 0.238. The molecular weight excluding hydrogens is 333 g/mol. The van der Waals surface area contributed by atoms with Gasteiger partial charge in [-0.15, -0.1) is 0 Å². The molecule has 24 heavy (non-hydrogen) atoms. The molecule has 1 heterocycles. The van der Waals surface area contributed by atoms with Crippen molar-refractivity contribution in [2.75, 3.05) is 0 Å². The highest BCUT2D eigenvalue weighted by Crippen LogP contribution is 2.29. The summed E-state index contributed by atoms with van der Waals surface area (Å²) in [5, 5.41) is 0.807. The topological polar surface area (TPSA) is 31.2 Å². The molecule has 2 aromatic carbocycles. The second kappa shape index (κ2) is 5.95. The molecule has 0 fully saturated rings. The van der Waals surface area contributed by atoms with Gasteiger partial charge in [0.05, 0.1) is 0 Å². The van der Waals surface area contributed by atoms with E-state index in [0.29, 0.717) is 5.52 Å². The van der Waals surface area contributed by atoms with Gasteiger partial charge in [0.15, 0.2) is 0 Å². The fraction of sp³-hybridized carbons (Fsp3) is 0.0625. The van der Waals surface area contributed by atoms with E-state index < -0.39 is 47.3 Å². The number of hydrogen-bond donors (Lipinski definition) is 0. The Hall–Kier alpha value is -2.90. The second-order valence-corrected chi connectivity index (χ2v) is 4.88. The van der Waals surface area contributed by atoms with Gasteiger partial charge in [0.1, 0.15) is 6.54 Å². The highest BCUT2D eigenvalue weighted by atomic mass is 19.2. The zero-order valence-corrected chi connectivity index (χ0v) is 11.8. The number of carbonyl (C=O) groups excluding carboxylic acids is 1. The van der Waals surface area contributed by atoms with Crippen molar-refractivity contribution in [3.63, 3.8) is 0 Å². The first kappa shape index (κ1) is 16.0. The van der Waals surface area contributed by atoms with Gasteiger partial charge in [-0.05, 0) is 17.5 Å². The van der Waals surface area contributed by atoms with Crippen LogP contribution in [0.4, 0.5) is 22.0 Å². The number of carbonyl (C=O) groups is 1. The molecule has 3 aromatic rings. The van der Waals surface area contributed by atoms with E-state index >= 15 is 0 Å². The van der Waals surface area contributed by atoms with E-state index in [1.54, 1.807) is 30.3 Å². The lowest BCUT2D eigenvalue weighted by atomic mass is 10.2. The lowest BCUT2D eigenvalue weighted by Gasteiger charge is -2.09. The number of esters is 1. The Morgan fingerprint density at radius 3 is 2.12 bits per heavy atom. The average molecular weight is 341 g/mol. The highest BCUT2D eigenvalue weighted by molar-refractivity contribution is 5.82. The predicted octanol–water partition coefficient (Wildman–Crippen LogP) is 3.94. The Morgan fingerprint density at radius 2 is 1.46 bits per heavy atom. The van der Waals surface area contributed by atoms with Crippen molar-refractivity contribution in [3.05, 3.63) is 65.6 Å². The van der Waals surface area contributed by atoms with Gasteiger partial charge in [0.2, 0.25) is 34.8 Å². The molecule has 124 valence electrons. The molecule has 0 saturated carbocycles. The summed E-state index contributed by atoms with van der Waals surface area (Å²) in [6.07, 6.45) is 1.53. The fourth-order valence-electron chi connectivity index (χ4n) is 2.24. The van der Waals surface area contributed by atoms with Gasteiger partial charge in [0, 0.05) is 11.7 Å². The minimum atomic E-state index is -2.32. The molecule has 0 unspecified atom stereocenters. The summed E-state index contributed by atoms with van der Waals surface area (Å²) in [5.74, 6) is -13.9. The SMILES string of the molecule is O=C(Cn1ccc2ccccc21)Oc1c(F)c(F)c(F)c(F)c1F. The second-order valence-electron chi connectivity index (χ2n) is 4.88. The monoisotopic (exact) mass is 341 g/mol. The Bertz CT molecular complexity index is 922. The normalized spacial score (nSPS) is 11.0. The molecule has 0 atom stereocenters. The van der Waals surface area contributed by atoms with Crippen molar-refractivity contribution in [3.8, 4) is 5.75 Å². The van der Waals surface area contributed by atoms with Gasteiger partial charge in [-0.25, -0.2) is 18.0 Å². The summed E-state index contributed by atoms with van der Waals surface area (Å²) in [6.45, 7) is -0.465. The standard InChI is InChI=1S/C16H8F5NO2/c17-11-12(18)14(20)16(15(21)13(11)19)24-10(23)7-22-6-5-8-3-1-2-4-9(8)22/h1-6H,7H2. The molecule has 0 aliphatic rings. The molecule has 0 aliphatic heterocycles. The molecule has 0 N–H and O–H groups in total. The van der Waals surface area contributed by atoms with Crippen molar-refractivity contribution in [1.29, 1.82) is 0 Å². The number of hydrogen-bond acceptors (Lipinski definition) is 2. The first-order valence-corrected chi connectivity index (χ1v) is 6.66. The van der Waals surface area contributed by atoms with Crippen molar-refractivity contribution in [2.45, 2.75) is 6.54 Å². The summed E-state index contributed by atoms with van der Waals surface area (Å²) >= 11 is 0. The summed E-state index contributed by atoms with van der Waals surface area (Å²) < 4.78 is 71.9. The summed E-state index contributed by atoms with van der Waals surface area (Å²) in [5.41, 5.74) is 0.645. The van der Waals surface area contributed by atoms with E-state index in [0.717, 1.165) is 5.39 Å². The van der Waals surface area contributed by atoms with Crippen LogP contribution in [0, 0.1) is 29.1 Å². The largest absolute Gasteiger partial charge is 0.419 e. The zero-order chi connectivity index (χ0) is 17.4. The van der Waals surface area contributed by atoms with Gasteiger partial charge in [0.25, 0.3) is 0 Å². The van der Waals surface area contributed by atoms with Crippen LogP contribution in [0.25, 0.3) is 10.9 Å². The van der Waals surface area contributed by atoms with Crippen molar-refractivity contribution >= 4 is 16.9 Å². The molecule has 3 rings (SSSR count). The van der Waals surface area contributed by atoms with Crippen LogP contribution in [-0.4, -0.2) is 10.5 Å². The summed E-state index contributed by atoms with van der Waals surface area (Å²) in [6, 6.07) is 8.66. The van der Waals surface area contributed by atoms with Crippen LogP contribution in [0.5, 0.6) is 5.75 Å². The maximum atomic E-state index is 13.5. The minimum absolute atomic E-state index is 0.465. The molecule has 0 amide bonds. The smallest absolute Gasteiger partial charge is 0.331 e. The van der Waals surface area contributed by atoms with Crippen LogP contribution < -0.4 is 4.74 Å². The molecule has 3 nitrogen and oxygen atoms in total. The highest BCUT2D eigenvalue weighted by Gasteiger charge is 2.28. The molecule has 8 heteroatoms. The van der Waals surface area contributed by atoms with Gasteiger partial charge < -0.3 is 9.30 Å². The number of aromatic nitrogens is 1. The van der Waals surface area contributed by atoms with Gasteiger partial charge in [-0.3, -0.25) is 0 Å². The van der Waals surface area contributed by atoms with Gasteiger partial charge in [-0.1, -0.05) is 18.2 Å². The number of nitrogens with zero attached hydrogens (tertiary/aromatic N) is 1. The number of fused-ring (bicyclic) bond motifs is 1. The van der Waals surface area contributed by atoms with Crippen LogP contribution in [-0.2, 0) is 11.3 Å². The van der Waals surface area contributed by atoms with Crippen LogP contribution in [0.2, 0.25) is 0 Å². The van der Waals surface area contributed by atoms with Gasteiger partial charge >= 0.3 is 5.97 Å². The van der Waals surface area contributed by atoms with Crippen molar-refractivity contribution < 1.29 is 31.5 Å². The van der Waals surface area contributed by atoms with Crippen LogP contribution in [0.15, 0.2) is 36.5 Å². The van der Waals surface area contributed by atoms with E-state index in [2.05, 4.69) is 4.74 Å². The van der Waals surface area contributed by atoms with Crippen molar-refractivity contribution in [2.24, 2.45) is 0 Å². The summed E-state index contributed by atoms with van der Waals surface area (Å²) in [4.78, 5) is 11.8. The minimum Gasteiger partial charge on any atom is -0.419 e. The Kier molecular flexibility index (Phi) is 3.96. The van der Waals surface area contributed by atoms with Gasteiger partial charge in [-0.2, -0.15) is 8.78 Å². The van der Waals surface area contributed by atoms with Crippen LogP contribution in [0.3, 0.4) is 0 Å². The van der Waals surface area contributed by atoms with Crippen molar-refractivity contribution in [1.82, 2.24) is 4.57 Å². The lowest BCUT2D eigenvalue weighted by Crippen LogP contribution is -2.18. The van der Waals surface area contributed by atoms with E-state index in [1.807, 2.05) is 0 Å². The molecule has 1 aromatic heterocycles. The molecular formula is C16H8F5NO2. The third-order valence-electron chi connectivity index (χ3n) is 3.37. The number of para-hydroxylation sites is 1. The Morgan fingerprint density at radius 1 is 0.875 bits per heavy atom. The Balaban J connectivity index is 1.88. The molecule has 0 saturated heterocycles. The summed E-state index contributed by atoms with van der Waals surface area (Å²) in [7, 11) is 0. The van der Waals surface area contributed by atoms with E-state index in [1.165, 1.54) is 10.8 Å². The van der Waals surface area contributed by atoms with Crippen LogP contribution >= 0.6 is 0 Å². The van der Waals surface area contributed by atoms with E-state index in [-0.39, 0.29) is 0 Å². The third-order valence-corrected chi connectivity index (χ3v) is 3.37. The maximum Gasteiger partial charge on any atom is 0.331 e. The average Bonchev–Trinajstić information content (AvgIpc) is 2.98. The maximum absolute atomic E-state index is 13.5. The van der Waals surface area contributed by atoms with E-state index in [4.69, 9.17) is 0 Å².